The molecule has 0 bridgehead atoms. The third-order valence-electron chi connectivity index (χ3n) is 3.44. The summed E-state index contributed by atoms with van der Waals surface area (Å²) in [4.78, 5) is 22.7. The highest BCUT2D eigenvalue weighted by molar-refractivity contribution is 5.91. The first-order valence-electron chi connectivity index (χ1n) is 7.44. The SMILES string of the molecule is Cc1ccc(NC(=O)CN(C)Cc2cn3ccccc3n2)nc1. The number of carbonyl (C=O) groups is 1. The molecule has 0 unspecified atom stereocenters. The smallest absolute Gasteiger partial charge is 0.239 e. The van der Waals surface area contributed by atoms with Crippen LogP contribution in [-0.4, -0.2) is 38.8 Å². The molecule has 0 saturated heterocycles. The fourth-order valence-corrected chi connectivity index (χ4v) is 2.37. The molecule has 0 radical (unpaired) electrons. The molecule has 0 spiro atoms. The van der Waals surface area contributed by atoms with Gasteiger partial charge in [0.05, 0.1) is 12.2 Å². The second-order valence-corrected chi connectivity index (χ2v) is 5.64. The van der Waals surface area contributed by atoms with E-state index in [4.69, 9.17) is 0 Å². The number of rotatable bonds is 5. The number of aryl methyl sites for hydroxylation is 1. The zero-order chi connectivity index (χ0) is 16.2. The first-order valence-corrected chi connectivity index (χ1v) is 7.44. The highest BCUT2D eigenvalue weighted by Gasteiger charge is 2.10. The standard InChI is InChI=1S/C17H19N5O/c1-13-6-7-15(18-9-13)20-17(23)12-21(2)10-14-11-22-8-4-3-5-16(22)19-14/h3-9,11H,10,12H2,1-2H3,(H,18,20,23). The summed E-state index contributed by atoms with van der Waals surface area (Å²) in [6.07, 6.45) is 5.67. The Morgan fingerprint density at radius 2 is 2.17 bits per heavy atom. The topological polar surface area (TPSA) is 62.5 Å². The molecule has 1 N–H and O–H groups in total. The van der Waals surface area contributed by atoms with E-state index in [-0.39, 0.29) is 12.5 Å². The fraction of sp³-hybridized carbons (Fsp3) is 0.235. The van der Waals surface area contributed by atoms with Crippen LogP contribution in [0.3, 0.4) is 0 Å². The first-order chi connectivity index (χ1) is 11.1. The Morgan fingerprint density at radius 1 is 1.30 bits per heavy atom. The van der Waals surface area contributed by atoms with Crippen molar-refractivity contribution in [2.45, 2.75) is 13.5 Å². The Bertz CT molecular complexity index is 776. The van der Waals surface area contributed by atoms with Crippen molar-refractivity contribution >= 4 is 17.4 Å². The van der Waals surface area contributed by atoms with Crippen molar-refractivity contribution in [3.63, 3.8) is 0 Å². The number of nitrogens with zero attached hydrogens (tertiary/aromatic N) is 4. The van der Waals surface area contributed by atoms with Crippen molar-refractivity contribution in [1.29, 1.82) is 0 Å². The van der Waals surface area contributed by atoms with Crippen molar-refractivity contribution in [2.24, 2.45) is 0 Å². The molecule has 0 aromatic carbocycles. The van der Waals surface area contributed by atoms with Crippen LogP contribution in [0, 0.1) is 6.92 Å². The molecule has 23 heavy (non-hydrogen) atoms. The van der Waals surface area contributed by atoms with Crippen LogP contribution in [0.4, 0.5) is 5.82 Å². The van der Waals surface area contributed by atoms with E-state index in [1.54, 1.807) is 12.3 Å². The van der Waals surface area contributed by atoms with Gasteiger partial charge in [0.1, 0.15) is 11.5 Å². The second kappa shape index (κ2) is 6.58. The molecule has 6 heteroatoms. The molecular formula is C17H19N5O. The maximum atomic E-state index is 12.1. The monoisotopic (exact) mass is 309 g/mol. The van der Waals surface area contributed by atoms with Gasteiger partial charge in [-0.25, -0.2) is 9.97 Å². The van der Waals surface area contributed by atoms with E-state index in [0.29, 0.717) is 12.4 Å². The van der Waals surface area contributed by atoms with E-state index < -0.39 is 0 Å². The predicted molar refractivity (Wildman–Crippen MR) is 89.1 cm³/mol. The third kappa shape index (κ3) is 3.92. The Balaban J connectivity index is 1.56. The normalized spacial score (nSPS) is 11.1. The number of nitrogens with one attached hydrogen (secondary N) is 1. The lowest BCUT2D eigenvalue weighted by Crippen LogP contribution is -2.30. The fourth-order valence-electron chi connectivity index (χ4n) is 2.37. The molecule has 0 aliphatic rings. The summed E-state index contributed by atoms with van der Waals surface area (Å²) >= 11 is 0. The lowest BCUT2D eigenvalue weighted by atomic mass is 10.3. The number of amides is 1. The molecule has 1 amide bonds. The number of imidazole rings is 1. The van der Waals surface area contributed by atoms with Crippen LogP contribution in [0.1, 0.15) is 11.3 Å². The maximum absolute atomic E-state index is 12.1. The van der Waals surface area contributed by atoms with Gasteiger partial charge in [0.15, 0.2) is 0 Å². The average molecular weight is 309 g/mol. The Kier molecular flexibility index (Phi) is 4.34. The zero-order valence-corrected chi connectivity index (χ0v) is 13.2. The van der Waals surface area contributed by atoms with E-state index in [9.17, 15) is 4.79 Å². The van der Waals surface area contributed by atoms with Gasteiger partial charge in [-0.3, -0.25) is 9.69 Å². The minimum atomic E-state index is -0.0902. The zero-order valence-electron chi connectivity index (χ0n) is 13.2. The Morgan fingerprint density at radius 3 is 2.91 bits per heavy atom. The quantitative estimate of drug-likeness (QED) is 0.784. The molecule has 0 fully saturated rings. The molecule has 3 heterocycles. The van der Waals surface area contributed by atoms with Crippen LogP contribution in [-0.2, 0) is 11.3 Å². The Labute approximate surface area is 134 Å². The van der Waals surface area contributed by atoms with Crippen molar-refractivity contribution < 1.29 is 4.79 Å². The highest BCUT2D eigenvalue weighted by atomic mass is 16.2. The van der Waals surface area contributed by atoms with Gasteiger partial charge in [0, 0.05) is 25.1 Å². The third-order valence-corrected chi connectivity index (χ3v) is 3.44. The van der Waals surface area contributed by atoms with Gasteiger partial charge in [-0.2, -0.15) is 0 Å². The number of carbonyl (C=O) groups excluding carboxylic acids is 1. The molecule has 0 aliphatic heterocycles. The number of pyridine rings is 2. The second-order valence-electron chi connectivity index (χ2n) is 5.64. The summed E-state index contributed by atoms with van der Waals surface area (Å²) in [7, 11) is 1.90. The van der Waals surface area contributed by atoms with Gasteiger partial charge in [0.25, 0.3) is 0 Å². The van der Waals surface area contributed by atoms with Crippen molar-refractivity contribution in [1.82, 2.24) is 19.3 Å². The van der Waals surface area contributed by atoms with Crippen LogP contribution < -0.4 is 5.32 Å². The minimum Gasteiger partial charge on any atom is -0.310 e. The average Bonchev–Trinajstić information content (AvgIpc) is 2.91. The molecule has 0 aliphatic carbocycles. The number of fused-ring (bicyclic) bond motifs is 1. The van der Waals surface area contributed by atoms with Crippen LogP contribution in [0.5, 0.6) is 0 Å². The Hall–Kier alpha value is -2.73. The van der Waals surface area contributed by atoms with Gasteiger partial charge in [0.2, 0.25) is 5.91 Å². The summed E-state index contributed by atoms with van der Waals surface area (Å²) < 4.78 is 1.97. The lowest BCUT2D eigenvalue weighted by Gasteiger charge is -2.14. The number of aromatic nitrogens is 3. The summed E-state index contributed by atoms with van der Waals surface area (Å²) in [5.41, 5.74) is 2.90. The molecule has 6 nitrogen and oxygen atoms in total. The molecule has 3 aromatic rings. The number of hydrogen-bond donors (Lipinski definition) is 1. The van der Waals surface area contributed by atoms with Gasteiger partial charge in [-0.15, -0.1) is 0 Å². The molecule has 0 atom stereocenters. The van der Waals surface area contributed by atoms with Gasteiger partial charge in [-0.1, -0.05) is 12.1 Å². The maximum Gasteiger partial charge on any atom is 0.239 e. The highest BCUT2D eigenvalue weighted by Crippen LogP contribution is 2.07. The number of anilines is 1. The first kappa shape index (κ1) is 15.2. The van der Waals surface area contributed by atoms with Crippen molar-refractivity contribution in [2.75, 3.05) is 18.9 Å². The number of likely N-dealkylation sites (N-methyl/N-ethyl adjacent to an activating group) is 1. The summed E-state index contributed by atoms with van der Waals surface area (Å²) in [5, 5.41) is 2.80. The van der Waals surface area contributed by atoms with Gasteiger partial charge in [-0.05, 0) is 37.7 Å². The van der Waals surface area contributed by atoms with Crippen LogP contribution >= 0.6 is 0 Å². The molecule has 3 aromatic heterocycles. The number of hydrogen-bond acceptors (Lipinski definition) is 4. The minimum absolute atomic E-state index is 0.0902. The van der Waals surface area contributed by atoms with Crippen LogP contribution in [0.15, 0.2) is 48.9 Å². The van der Waals surface area contributed by atoms with Gasteiger partial charge >= 0.3 is 0 Å². The largest absolute Gasteiger partial charge is 0.310 e. The lowest BCUT2D eigenvalue weighted by molar-refractivity contribution is -0.117. The van der Waals surface area contributed by atoms with Gasteiger partial charge < -0.3 is 9.72 Å². The van der Waals surface area contributed by atoms with Crippen molar-refractivity contribution in [3.8, 4) is 0 Å². The van der Waals surface area contributed by atoms with E-state index in [2.05, 4.69) is 15.3 Å². The van der Waals surface area contributed by atoms with E-state index in [0.717, 1.165) is 16.9 Å². The summed E-state index contributed by atoms with van der Waals surface area (Å²) in [5.74, 6) is 0.481. The summed E-state index contributed by atoms with van der Waals surface area (Å²) in [6.45, 7) is 2.85. The predicted octanol–water partition coefficient (Wildman–Crippen LogP) is 2.11. The van der Waals surface area contributed by atoms with E-state index in [1.165, 1.54) is 0 Å². The van der Waals surface area contributed by atoms with Crippen LogP contribution in [0.2, 0.25) is 0 Å². The molecular weight excluding hydrogens is 290 g/mol. The molecule has 118 valence electrons. The van der Waals surface area contributed by atoms with Crippen molar-refractivity contribution in [3.05, 3.63) is 60.2 Å². The summed E-state index contributed by atoms with van der Waals surface area (Å²) in [6, 6.07) is 9.60. The molecule has 0 saturated carbocycles. The van der Waals surface area contributed by atoms with E-state index >= 15 is 0 Å². The van der Waals surface area contributed by atoms with Crippen LogP contribution in [0.25, 0.3) is 5.65 Å². The molecule has 3 rings (SSSR count). The van der Waals surface area contributed by atoms with E-state index in [1.807, 2.05) is 59.9 Å².